The Morgan fingerprint density at radius 1 is 0.613 bits per heavy atom. The third-order valence-electron chi connectivity index (χ3n) is 8.52. The maximum absolute atomic E-state index is 4.68. The molecule has 0 aromatic carbocycles. The third kappa shape index (κ3) is 8.85. The summed E-state index contributed by atoms with van der Waals surface area (Å²) in [5.41, 5.74) is 1.32. The van der Waals surface area contributed by atoms with Crippen molar-refractivity contribution >= 4 is 0 Å². The molecule has 0 atom stereocenters. The van der Waals surface area contributed by atoms with E-state index in [0.29, 0.717) is 0 Å². The van der Waals surface area contributed by atoms with Gasteiger partial charge in [0.25, 0.3) is 0 Å². The normalized spacial score (nSPS) is 26.8. The van der Waals surface area contributed by atoms with Crippen molar-refractivity contribution in [1.82, 2.24) is 9.97 Å². The molecule has 3 rings (SSSR count). The average molecular weight is 427 g/mol. The lowest BCUT2D eigenvalue weighted by Crippen LogP contribution is -2.26. The molecule has 0 aliphatic heterocycles. The van der Waals surface area contributed by atoms with E-state index in [0.717, 1.165) is 42.3 Å². The van der Waals surface area contributed by atoms with Crippen molar-refractivity contribution in [3.05, 3.63) is 23.8 Å². The van der Waals surface area contributed by atoms with Gasteiger partial charge in [0.05, 0.1) is 0 Å². The zero-order valence-electron chi connectivity index (χ0n) is 20.8. The molecule has 0 unspecified atom stereocenters. The maximum atomic E-state index is 4.68. The minimum Gasteiger partial charge on any atom is -0.241 e. The van der Waals surface area contributed by atoms with Crippen LogP contribution in [0.25, 0.3) is 0 Å². The Bertz CT molecular complexity index is 565. The summed E-state index contributed by atoms with van der Waals surface area (Å²) in [7, 11) is 0. The van der Waals surface area contributed by atoms with Gasteiger partial charge in [0.2, 0.25) is 0 Å². The highest BCUT2D eigenvalue weighted by Crippen LogP contribution is 2.43. The molecule has 0 saturated heterocycles. The Labute approximate surface area is 193 Å². The predicted octanol–water partition coefficient (Wildman–Crippen LogP) is 8.73. The molecule has 0 N–H and O–H groups in total. The van der Waals surface area contributed by atoms with Crippen LogP contribution in [0, 0.1) is 23.7 Å². The van der Waals surface area contributed by atoms with E-state index in [1.807, 2.05) is 0 Å². The highest BCUT2D eigenvalue weighted by Gasteiger charge is 2.30. The van der Waals surface area contributed by atoms with Crippen LogP contribution in [-0.4, -0.2) is 9.97 Å². The van der Waals surface area contributed by atoms with Crippen molar-refractivity contribution in [3.8, 4) is 0 Å². The van der Waals surface area contributed by atoms with Crippen LogP contribution < -0.4 is 0 Å². The van der Waals surface area contributed by atoms with Gasteiger partial charge in [0, 0.05) is 18.8 Å². The van der Waals surface area contributed by atoms with Crippen LogP contribution in [0.3, 0.4) is 0 Å². The number of hydrogen-bond acceptors (Lipinski definition) is 2. The summed E-state index contributed by atoms with van der Waals surface area (Å²) in [6, 6.07) is 0. The minimum absolute atomic E-state index is 0.916. The molecule has 31 heavy (non-hydrogen) atoms. The van der Waals surface area contributed by atoms with Gasteiger partial charge in [-0.15, -0.1) is 0 Å². The van der Waals surface area contributed by atoms with Gasteiger partial charge in [0.15, 0.2) is 0 Å². The highest BCUT2D eigenvalue weighted by atomic mass is 14.9. The van der Waals surface area contributed by atoms with Gasteiger partial charge < -0.3 is 0 Å². The Kier molecular flexibility index (Phi) is 11.4. The first-order valence-corrected chi connectivity index (χ1v) is 14.1. The second-order valence-electron chi connectivity index (χ2n) is 10.9. The van der Waals surface area contributed by atoms with E-state index in [1.165, 1.54) is 115 Å². The molecule has 2 aliphatic carbocycles. The number of hydrogen-bond donors (Lipinski definition) is 0. The second-order valence-corrected chi connectivity index (χ2v) is 10.9. The van der Waals surface area contributed by atoms with Gasteiger partial charge in [-0.2, -0.15) is 0 Å². The molecule has 2 nitrogen and oxygen atoms in total. The standard InChI is InChI=1S/C29H50N2/c1-3-5-7-8-9-11-26-22-30-29(31-23-26)21-16-25-14-19-28(20-15-25)27-17-12-24(13-18-27)10-6-4-2/h22-25,27-28H,3-21H2,1-2H3. The van der Waals surface area contributed by atoms with Crippen LogP contribution in [0.4, 0.5) is 0 Å². The molecule has 0 amide bonds. The van der Waals surface area contributed by atoms with Gasteiger partial charge in [-0.25, -0.2) is 9.97 Å². The molecule has 0 radical (unpaired) electrons. The zero-order chi connectivity index (χ0) is 21.7. The smallest absolute Gasteiger partial charge is 0.128 e. The molecule has 1 heterocycles. The van der Waals surface area contributed by atoms with E-state index < -0.39 is 0 Å². The Morgan fingerprint density at radius 2 is 1.16 bits per heavy atom. The second kappa shape index (κ2) is 14.3. The van der Waals surface area contributed by atoms with E-state index in [2.05, 4.69) is 36.2 Å². The van der Waals surface area contributed by atoms with Gasteiger partial charge >= 0.3 is 0 Å². The number of rotatable bonds is 13. The summed E-state index contributed by atoms with van der Waals surface area (Å²) >= 11 is 0. The van der Waals surface area contributed by atoms with Crippen molar-refractivity contribution in [3.63, 3.8) is 0 Å². The van der Waals surface area contributed by atoms with Crippen LogP contribution in [0.5, 0.6) is 0 Å². The number of unbranched alkanes of at least 4 members (excludes halogenated alkanes) is 5. The van der Waals surface area contributed by atoms with E-state index in [-0.39, 0.29) is 0 Å². The monoisotopic (exact) mass is 426 g/mol. The SMILES string of the molecule is CCCCCCCc1cnc(CCC2CCC(C3CCC(CCCC)CC3)CC2)nc1. The summed E-state index contributed by atoms with van der Waals surface area (Å²) < 4.78 is 0. The van der Waals surface area contributed by atoms with Gasteiger partial charge in [-0.1, -0.05) is 84.5 Å². The largest absolute Gasteiger partial charge is 0.241 e. The number of aromatic nitrogens is 2. The van der Waals surface area contributed by atoms with Crippen molar-refractivity contribution in [2.45, 2.75) is 136 Å². The van der Waals surface area contributed by atoms with E-state index in [4.69, 9.17) is 0 Å². The summed E-state index contributed by atoms with van der Waals surface area (Å²) in [5.74, 6) is 5.13. The third-order valence-corrected chi connectivity index (χ3v) is 8.52. The van der Waals surface area contributed by atoms with Crippen LogP contribution >= 0.6 is 0 Å². The van der Waals surface area contributed by atoms with Crippen LogP contribution in [0.1, 0.15) is 134 Å². The molecule has 1 aromatic heterocycles. The molecule has 2 heteroatoms. The first kappa shape index (κ1) is 24.7. The lowest BCUT2D eigenvalue weighted by Gasteiger charge is -2.38. The number of nitrogens with zero attached hydrogens (tertiary/aromatic N) is 2. The van der Waals surface area contributed by atoms with Crippen molar-refractivity contribution < 1.29 is 0 Å². The van der Waals surface area contributed by atoms with Crippen LogP contribution in [0.15, 0.2) is 12.4 Å². The van der Waals surface area contributed by atoms with Crippen LogP contribution in [-0.2, 0) is 12.8 Å². The number of aryl methyl sites for hydroxylation is 2. The summed E-state index contributed by atoms with van der Waals surface area (Å²) in [6.07, 6.45) is 30.7. The molecule has 2 aliphatic rings. The molecule has 0 spiro atoms. The predicted molar refractivity (Wildman–Crippen MR) is 133 cm³/mol. The van der Waals surface area contributed by atoms with Crippen molar-refractivity contribution in [2.24, 2.45) is 23.7 Å². The Hall–Kier alpha value is -0.920. The fourth-order valence-corrected chi connectivity index (χ4v) is 6.30. The van der Waals surface area contributed by atoms with E-state index >= 15 is 0 Å². The summed E-state index contributed by atoms with van der Waals surface area (Å²) in [5, 5.41) is 0. The van der Waals surface area contributed by atoms with E-state index in [9.17, 15) is 0 Å². The highest BCUT2D eigenvalue weighted by molar-refractivity contribution is 5.05. The Morgan fingerprint density at radius 3 is 1.74 bits per heavy atom. The molecule has 2 fully saturated rings. The molecule has 176 valence electrons. The van der Waals surface area contributed by atoms with Crippen molar-refractivity contribution in [2.75, 3.05) is 0 Å². The first-order valence-electron chi connectivity index (χ1n) is 14.1. The van der Waals surface area contributed by atoms with E-state index in [1.54, 1.807) is 0 Å². The molecule has 0 bridgehead atoms. The van der Waals surface area contributed by atoms with Gasteiger partial charge in [-0.05, 0) is 74.2 Å². The topological polar surface area (TPSA) is 25.8 Å². The summed E-state index contributed by atoms with van der Waals surface area (Å²) in [6.45, 7) is 4.61. The van der Waals surface area contributed by atoms with Gasteiger partial charge in [-0.3, -0.25) is 0 Å². The van der Waals surface area contributed by atoms with Crippen LogP contribution in [0.2, 0.25) is 0 Å². The summed E-state index contributed by atoms with van der Waals surface area (Å²) in [4.78, 5) is 9.37. The maximum Gasteiger partial charge on any atom is 0.128 e. The average Bonchev–Trinajstić information content (AvgIpc) is 2.83. The van der Waals surface area contributed by atoms with Crippen molar-refractivity contribution in [1.29, 1.82) is 0 Å². The fourth-order valence-electron chi connectivity index (χ4n) is 6.30. The first-order chi connectivity index (χ1) is 15.3. The zero-order valence-corrected chi connectivity index (χ0v) is 20.8. The lowest BCUT2D eigenvalue weighted by molar-refractivity contribution is 0.140. The van der Waals surface area contributed by atoms with Gasteiger partial charge in [0.1, 0.15) is 5.82 Å². The molecule has 1 aromatic rings. The fraction of sp³-hybridized carbons (Fsp3) is 0.862. The Balaban J connectivity index is 1.28. The lowest BCUT2D eigenvalue weighted by atomic mass is 9.68. The molecular formula is C29H50N2. The minimum atomic E-state index is 0.916. The molecule has 2 saturated carbocycles. The molecular weight excluding hydrogens is 376 g/mol. The quantitative estimate of drug-likeness (QED) is 0.295.